The van der Waals surface area contributed by atoms with Gasteiger partial charge in [0.25, 0.3) is 0 Å². The minimum absolute atomic E-state index is 0.501. The van der Waals surface area contributed by atoms with Crippen molar-refractivity contribution in [3.63, 3.8) is 0 Å². The zero-order valence-corrected chi connectivity index (χ0v) is 32.3. The summed E-state index contributed by atoms with van der Waals surface area (Å²) in [7, 11) is 0. The summed E-state index contributed by atoms with van der Waals surface area (Å²) in [4.78, 5) is 2.35. The largest absolute Gasteiger partial charge is 0.453 e. The Balaban J connectivity index is 1.13. The summed E-state index contributed by atoms with van der Waals surface area (Å²) in [6, 6.07) is 70.5. The highest BCUT2D eigenvalue weighted by atomic mass is 16.3. The molecule has 8 aromatic carbocycles. The Kier molecular flexibility index (Phi) is 8.11. The molecule has 2 nitrogen and oxygen atoms in total. The summed E-state index contributed by atoms with van der Waals surface area (Å²) in [5, 5.41) is 2.21. The average Bonchev–Trinajstić information content (AvgIpc) is 3.83. The van der Waals surface area contributed by atoms with E-state index < -0.39 is 5.41 Å². The van der Waals surface area contributed by atoms with Crippen LogP contribution in [-0.4, -0.2) is 0 Å². The van der Waals surface area contributed by atoms with Crippen molar-refractivity contribution in [2.24, 2.45) is 5.92 Å². The van der Waals surface area contributed by atoms with E-state index in [-0.39, 0.29) is 0 Å². The molecule has 2 heteroatoms. The number of hydrogen-bond acceptors (Lipinski definition) is 2. The number of fused-ring (bicyclic) bond motifs is 7. The van der Waals surface area contributed by atoms with Crippen LogP contribution >= 0.6 is 0 Å². The summed E-state index contributed by atoms with van der Waals surface area (Å²) in [5.41, 5.74) is 16.7. The first-order valence-electron chi connectivity index (χ1n) is 20.3. The molecule has 2 aliphatic carbocycles. The van der Waals surface area contributed by atoms with Crippen molar-refractivity contribution in [3.05, 3.63) is 240 Å². The first kappa shape index (κ1) is 34.1. The fourth-order valence-corrected chi connectivity index (χ4v) is 9.64. The lowest BCUT2D eigenvalue weighted by molar-refractivity contribution is 0.669. The van der Waals surface area contributed by atoms with Crippen LogP contribution in [0.1, 0.15) is 41.2 Å². The fraction of sp³-hybridized carbons (Fsp3) is 0.0714. The van der Waals surface area contributed by atoms with Crippen molar-refractivity contribution in [1.82, 2.24) is 0 Å². The van der Waals surface area contributed by atoms with Crippen LogP contribution in [0.3, 0.4) is 0 Å². The average molecular weight is 744 g/mol. The number of anilines is 3. The molecule has 1 heterocycles. The Morgan fingerprint density at radius 3 is 1.76 bits per heavy atom. The van der Waals surface area contributed by atoms with Crippen molar-refractivity contribution in [1.29, 1.82) is 0 Å². The van der Waals surface area contributed by atoms with E-state index in [1.54, 1.807) is 0 Å². The SMILES string of the molecule is CC1C=C(c2ccc(N(c3ccc(-c4ccccc4)cc3)c3cccc4c3oc3c5c(ccc34)C(c3ccccc3)(c3ccccc3)c3ccccc3-5)cc2)C=CC1. The topological polar surface area (TPSA) is 16.4 Å². The predicted octanol–water partition coefficient (Wildman–Crippen LogP) is 15.1. The molecule has 2 aliphatic rings. The number of rotatable bonds is 7. The van der Waals surface area contributed by atoms with Gasteiger partial charge in [0.2, 0.25) is 0 Å². The second-order valence-corrected chi connectivity index (χ2v) is 15.7. The van der Waals surface area contributed by atoms with Crippen LogP contribution in [0.4, 0.5) is 17.1 Å². The highest BCUT2D eigenvalue weighted by Gasteiger charge is 2.47. The summed E-state index contributed by atoms with van der Waals surface area (Å²) in [6.07, 6.45) is 8.01. The molecule has 0 amide bonds. The minimum atomic E-state index is -0.501. The summed E-state index contributed by atoms with van der Waals surface area (Å²) < 4.78 is 7.34. The van der Waals surface area contributed by atoms with Crippen LogP contribution in [0.5, 0.6) is 0 Å². The van der Waals surface area contributed by atoms with Gasteiger partial charge in [0.05, 0.1) is 11.1 Å². The molecule has 276 valence electrons. The second-order valence-electron chi connectivity index (χ2n) is 15.7. The molecule has 0 aliphatic heterocycles. The summed E-state index contributed by atoms with van der Waals surface area (Å²) in [5.74, 6) is 0.531. The van der Waals surface area contributed by atoms with Crippen LogP contribution < -0.4 is 4.90 Å². The Bertz CT molecular complexity index is 2970. The van der Waals surface area contributed by atoms with E-state index in [0.29, 0.717) is 5.92 Å². The van der Waals surface area contributed by atoms with Crippen molar-refractivity contribution in [2.75, 3.05) is 4.90 Å². The molecule has 0 saturated carbocycles. The molecule has 11 rings (SSSR count). The highest BCUT2D eigenvalue weighted by Crippen LogP contribution is 2.58. The molecule has 0 saturated heterocycles. The molecular formula is C56H41NO. The number of para-hydroxylation sites is 1. The lowest BCUT2D eigenvalue weighted by Gasteiger charge is -2.33. The van der Waals surface area contributed by atoms with Crippen molar-refractivity contribution in [2.45, 2.75) is 18.8 Å². The molecule has 1 aromatic heterocycles. The van der Waals surface area contributed by atoms with Crippen LogP contribution in [0.15, 0.2) is 217 Å². The molecule has 58 heavy (non-hydrogen) atoms. The second kappa shape index (κ2) is 13.8. The lowest BCUT2D eigenvalue weighted by atomic mass is 9.68. The van der Waals surface area contributed by atoms with Gasteiger partial charge in [0, 0.05) is 27.7 Å². The zero-order chi connectivity index (χ0) is 38.6. The van der Waals surface area contributed by atoms with Gasteiger partial charge in [0.15, 0.2) is 5.58 Å². The predicted molar refractivity (Wildman–Crippen MR) is 242 cm³/mol. The molecule has 0 bridgehead atoms. The van der Waals surface area contributed by atoms with Gasteiger partial charge in [-0.1, -0.05) is 189 Å². The van der Waals surface area contributed by atoms with Gasteiger partial charge < -0.3 is 9.32 Å². The molecule has 0 fully saturated rings. The molecule has 1 unspecified atom stereocenters. The third-order valence-electron chi connectivity index (χ3n) is 12.3. The van der Waals surface area contributed by atoms with E-state index in [0.717, 1.165) is 51.0 Å². The highest BCUT2D eigenvalue weighted by molar-refractivity contribution is 6.15. The number of nitrogens with zero attached hydrogens (tertiary/aromatic N) is 1. The van der Waals surface area contributed by atoms with Crippen LogP contribution in [-0.2, 0) is 5.41 Å². The van der Waals surface area contributed by atoms with E-state index >= 15 is 0 Å². The summed E-state index contributed by atoms with van der Waals surface area (Å²) >= 11 is 0. The van der Waals surface area contributed by atoms with Crippen molar-refractivity contribution in [3.8, 4) is 22.3 Å². The van der Waals surface area contributed by atoms with Gasteiger partial charge in [-0.05, 0) is 92.8 Å². The molecule has 0 N–H and O–H groups in total. The number of furan rings is 1. The number of hydrogen-bond donors (Lipinski definition) is 0. The third kappa shape index (κ3) is 5.33. The Hall–Kier alpha value is -7.16. The first-order chi connectivity index (χ1) is 28.7. The van der Waals surface area contributed by atoms with Gasteiger partial charge in [-0.25, -0.2) is 0 Å². The van der Waals surface area contributed by atoms with Crippen molar-refractivity contribution < 1.29 is 4.42 Å². The standard InChI is InChI=1S/C56H41NO/c1-38-15-13-18-42(37-38)41-29-33-46(34-30-41)57(45-31-27-40(28-32-45)39-16-5-2-6-17-39)52-26-14-24-47-48-35-36-51-53(55(48)58-54(47)52)49-23-11-12-25-50(49)56(51,43-19-7-3-8-20-43)44-21-9-4-10-22-44/h2-14,16-38H,15H2,1H3. The maximum Gasteiger partial charge on any atom is 0.159 e. The van der Waals surface area contributed by atoms with Gasteiger partial charge >= 0.3 is 0 Å². The molecule has 0 radical (unpaired) electrons. The van der Waals surface area contributed by atoms with Crippen molar-refractivity contribution >= 4 is 44.6 Å². The van der Waals surface area contributed by atoms with E-state index in [1.165, 1.54) is 50.1 Å². The van der Waals surface area contributed by atoms with Crippen LogP contribution in [0, 0.1) is 5.92 Å². The third-order valence-corrected chi connectivity index (χ3v) is 12.3. The smallest absolute Gasteiger partial charge is 0.159 e. The van der Waals surface area contributed by atoms with Gasteiger partial charge in [-0.3, -0.25) is 0 Å². The van der Waals surface area contributed by atoms with Crippen LogP contribution in [0.2, 0.25) is 0 Å². The summed E-state index contributed by atoms with van der Waals surface area (Å²) in [6.45, 7) is 2.28. The maximum absolute atomic E-state index is 7.34. The monoisotopic (exact) mass is 743 g/mol. The Morgan fingerprint density at radius 2 is 1.09 bits per heavy atom. The Labute approximate surface area is 339 Å². The molecule has 9 aromatic rings. The zero-order valence-electron chi connectivity index (χ0n) is 32.3. The van der Waals surface area contributed by atoms with Gasteiger partial charge in [0.1, 0.15) is 5.58 Å². The normalized spacial score (nSPS) is 15.3. The Morgan fingerprint density at radius 1 is 0.500 bits per heavy atom. The maximum atomic E-state index is 7.34. The van der Waals surface area contributed by atoms with Gasteiger partial charge in [-0.2, -0.15) is 0 Å². The molecule has 1 atom stereocenters. The van der Waals surface area contributed by atoms with E-state index in [1.807, 2.05) is 0 Å². The first-order valence-corrected chi connectivity index (χ1v) is 20.3. The fourth-order valence-electron chi connectivity index (χ4n) is 9.64. The van der Waals surface area contributed by atoms with E-state index in [2.05, 4.69) is 224 Å². The number of benzene rings is 8. The quantitative estimate of drug-likeness (QED) is 0.162. The van der Waals surface area contributed by atoms with Gasteiger partial charge in [-0.15, -0.1) is 0 Å². The van der Waals surface area contributed by atoms with E-state index in [4.69, 9.17) is 4.42 Å². The van der Waals surface area contributed by atoms with Crippen LogP contribution in [0.25, 0.3) is 49.8 Å². The molecular weight excluding hydrogens is 703 g/mol. The minimum Gasteiger partial charge on any atom is -0.453 e. The van der Waals surface area contributed by atoms with E-state index in [9.17, 15) is 0 Å². The number of allylic oxidation sites excluding steroid dienone is 4. The molecule has 0 spiro atoms. The lowest BCUT2D eigenvalue weighted by Crippen LogP contribution is -2.28.